The number of benzene rings is 1. The molecule has 1 fully saturated rings. The number of hydrogen-bond donors (Lipinski definition) is 5. The third-order valence-electron chi connectivity index (χ3n) is 3.70. The van der Waals surface area contributed by atoms with Crippen LogP contribution < -0.4 is 4.74 Å². The van der Waals surface area contributed by atoms with Gasteiger partial charge in [0.2, 0.25) is 6.29 Å². The van der Waals surface area contributed by atoms with Crippen molar-refractivity contribution in [2.45, 2.75) is 30.7 Å². The quantitative estimate of drug-likeness (QED) is 0.323. The van der Waals surface area contributed by atoms with E-state index in [1.807, 2.05) is 0 Å². The van der Waals surface area contributed by atoms with Gasteiger partial charge in [0.25, 0.3) is 0 Å². The van der Waals surface area contributed by atoms with Gasteiger partial charge in [0.15, 0.2) is 11.5 Å². The van der Waals surface area contributed by atoms with Crippen LogP contribution in [-0.4, -0.2) is 75.9 Å². The minimum absolute atomic E-state index is 0.105. The van der Waals surface area contributed by atoms with Gasteiger partial charge in [-0.1, -0.05) is 6.07 Å². The van der Waals surface area contributed by atoms with E-state index < -0.39 is 43.3 Å². The Morgan fingerprint density at radius 1 is 1.24 bits per heavy atom. The Morgan fingerprint density at radius 3 is 2.56 bits per heavy atom. The van der Waals surface area contributed by atoms with Crippen molar-refractivity contribution in [3.63, 3.8) is 0 Å². The SMILES string of the molecule is COc1ccc(C=CC(=O)O[C@@H]2O[C@H](CO)[C@@H](O)[C@H](O)[C@H]2O)cc1O. The van der Waals surface area contributed by atoms with Gasteiger partial charge in [0.1, 0.15) is 24.4 Å². The first kappa shape index (κ1) is 19.2. The molecule has 1 aliphatic heterocycles. The number of phenols is 1. The maximum absolute atomic E-state index is 11.8. The van der Waals surface area contributed by atoms with Crippen molar-refractivity contribution in [1.82, 2.24) is 0 Å². The number of carbonyl (C=O) groups excluding carboxylic acids is 1. The molecule has 2 rings (SSSR count). The summed E-state index contributed by atoms with van der Waals surface area (Å²) in [5.41, 5.74) is 0.490. The molecule has 138 valence electrons. The molecule has 0 radical (unpaired) electrons. The molecule has 1 aromatic carbocycles. The van der Waals surface area contributed by atoms with Gasteiger partial charge in [-0.15, -0.1) is 0 Å². The lowest BCUT2D eigenvalue weighted by molar-refractivity contribution is -0.291. The molecule has 0 aromatic heterocycles. The Kier molecular flexibility index (Phi) is 6.34. The van der Waals surface area contributed by atoms with E-state index in [0.717, 1.165) is 6.08 Å². The van der Waals surface area contributed by atoms with Gasteiger partial charge in [-0.05, 0) is 23.8 Å². The number of hydrogen-bond acceptors (Lipinski definition) is 9. The van der Waals surface area contributed by atoms with Gasteiger partial charge in [-0.25, -0.2) is 4.79 Å². The normalized spacial score (nSPS) is 29.6. The summed E-state index contributed by atoms with van der Waals surface area (Å²) in [7, 11) is 1.41. The highest BCUT2D eigenvalue weighted by atomic mass is 16.7. The van der Waals surface area contributed by atoms with Crippen LogP contribution in [0.5, 0.6) is 11.5 Å². The van der Waals surface area contributed by atoms with Crippen LogP contribution in [0.4, 0.5) is 0 Å². The summed E-state index contributed by atoms with van der Waals surface area (Å²) in [5.74, 6) is -0.715. The largest absolute Gasteiger partial charge is 0.504 e. The third kappa shape index (κ3) is 4.47. The molecule has 9 heteroatoms. The number of rotatable bonds is 5. The van der Waals surface area contributed by atoms with Crippen molar-refractivity contribution in [3.05, 3.63) is 29.8 Å². The Labute approximate surface area is 143 Å². The predicted octanol–water partition coefficient (Wildman–Crippen LogP) is -1.24. The molecule has 1 heterocycles. The first-order valence-corrected chi connectivity index (χ1v) is 7.43. The number of aliphatic hydroxyl groups excluding tert-OH is 4. The van der Waals surface area contributed by atoms with Crippen molar-refractivity contribution >= 4 is 12.0 Å². The summed E-state index contributed by atoms with van der Waals surface area (Å²) in [6.07, 6.45) is -5.16. The second-order valence-electron chi connectivity index (χ2n) is 5.40. The molecule has 0 amide bonds. The molecule has 0 aliphatic carbocycles. The van der Waals surface area contributed by atoms with Crippen LogP contribution in [0.25, 0.3) is 6.08 Å². The molecule has 1 aliphatic rings. The van der Waals surface area contributed by atoms with Gasteiger partial charge in [0, 0.05) is 6.08 Å². The van der Waals surface area contributed by atoms with E-state index in [-0.39, 0.29) is 11.5 Å². The summed E-state index contributed by atoms with van der Waals surface area (Å²) >= 11 is 0. The Balaban J connectivity index is 2.00. The summed E-state index contributed by atoms with van der Waals surface area (Å²) in [6.45, 7) is -0.625. The Bertz CT molecular complexity index is 628. The fraction of sp³-hybridized carbons (Fsp3) is 0.438. The second-order valence-corrected chi connectivity index (χ2v) is 5.40. The van der Waals surface area contributed by atoms with Crippen LogP contribution in [0.3, 0.4) is 0 Å². The molecule has 5 atom stereocenters. The fourth-order valence-corrected chi connectivity index (χ4v) is 2.29. The zero-order valence-corrected chi connectivity index (χ0v) is 13.3. The summed E-state index contributed by atoms with van der Waals surface area (Å²) in [6, 6.07) is 4.48. The topological polar surface area (TPSA) is 146 Å². The smallest absolute Gasteiger partial charge is 0.333 e. The minimum Gasteiger partial charge on any atom is -0.504 e. The van der Waals surface area contributed by atoms with Crippen molar-refractivity contribution in [1.29, 1.82) is 0 Å². The first-order chi connectivity index (χ1) is 11.9. The van der Waals surface area contributed by atoms with Crippen molar-refractivity contribution in [2.24, 2.45) is 0 Å². The van der Waals surface area contributed by atoms with Gasteiger partial charge in [-0.3, -0.25) is 0 Å². The number of ether oxygens (including phenoxy) is 3. The molecular weight excluding hydrogens is 336 g/mol. The molecule has 1 aromatic rings. The predicted molar refractivity (Wildman–Crippen MR) is 83.6 cm³/mol. The summed E-state index contributed by atoms with van der Waals surface area (Å²) in [4.78, 5) is 11.8. The summed E-state index contributed by atoms with van der Waals surface area (Å²) < 4.78 is 14.8. The van der Waals surface area contributed by atoms with E-state index in [0.29, 0.717) is 5.56 Å². The zero-order valence-electron chi connectivity index (χ0n) is 13.3. The standard InChI is InChI=1S/C16H20O9/c1-23-10-4-2-8(6-9(10)18)3-5-12(19)25-16-15(22)14(21)13(20)11(7-17)24-16/h2-6,11,13-18,20-22H,7H2,1H3/t11-,13-,14+,15-,16+/m1/s1. The van der Waals surface area contributed by atoms with Gasteiger partial charge in [-0.2, -0.15) is 0 Å². The van der Waals surface area contributed by atoms with Crippen LogP contribution in [0.2, 0.25) is 0 Å². The zero-order chi connectivity index (χ0) is 18.6. The maximum atomic E-state index is 11.8. The highest BCUT2D eigenvalue weighted by molar-refractivity contribution is 5.87. The molecule has 9 nitrogen and oxygen atoms in total. The third-order valence-corrected chi connectivity index (χ3v) is 3.70. The van der Waals surface area contributed by atoms with Crippen LogP contribution in [0.15, 0.2) is 24.3 Å². The number of esters is 1. The highest BCUT2D eigenvalue weighted by Crippen LogP contribution is 2.27. The number of carbonyl (C=O) groups is 1. The molecular formula is C16H20O9. The molecule has 0 unspecified atom stereocenters. The summed E-state index contributed by atoms with van der Waals surface area (Å²) in [5, 5.41) is 47.8. The fourth-order valence-electron chi connectivity index (χ4n) is 2.29. The minimum atomic E-state index is -1.67. The lowest BCUT2D eigenvalue weighted by Crippen LogP contribution is -2.59. The molecule has 0 saturated carbocycles. The van der Waals surface area contributed by atoms with Crippen LogP contribution >= 0.6 is 0 Å². The van der Waals surface area contributed by atoms with Crippen LogP contribution in [-0.2, 0) is 14.3 Å². The Morgan fingerprint density at radius 2 is 1.96 bits per heavy atom. The maximum Gasteiger partial charge on any atom is 0.333 e. The van der Waals surface area contributed by atoms with Crippen molar-refractivity contribution in [3.8, 4) is 11.5 Å². The molecule has 25 heavy (non-hydrogen) atoms. The van der Waals surface area contributed by atoms with Crippen LogP contribution in [0.1, 0.15) is 5.56 Å². The number of phenolic OH excluding ortho intramolecular Hbond substituents is 1. The lowest BCUT2D eigenvalue weighted by Gasteiger charge is -2.38. The number of aliphatic hydroxyl groups is 4. The highest BCUT2D eigenvalue weighted by Gasteiger charge is 2.45. The lowest BCUT2D eigenvalue weighted by atomic mass is 9.99. The molecule has 0 spiro atoms. The average Bonchev–Trinajstić information content (AvgIpc) is 2.60. The monoisotopic (exact) mass is 356 g/mol. The van der Waals surface area contributed by atoms with Gasteiger partial charge >= 0.3 is 5.97 Å². The van der Waals surface area contributed by atoms with E-state index in [9.17, 15) is 25.2 Å². The number of methoxy groups -OCH3 is 1. The number of aromatic hydroxyl groups is 1. The first-order valence-electron chi connectivity index (χ1n) is 7.43. The van der Waals surface area contributed by atoms with Gasteiger partial charge < -0.3 is 39.7 Å². The molecule has 5 N–H and O–H groups in total. The van der Waals surface area contributed by atoms with Crippen molar-refractivity contribution < 1.29 is 44.5 Å². The average molecular weight is 356 g/mol. The van der Waals surface area contributed by atoms with Crippen LogP contribution in [0, 0.1) is 0 Å². The second kappa shape index (κ2) is 8.28. The van der Waals surface area contributed by atoms with E-state index in [1.54, 1.807) is 6.07 Å². The molecule has 1 saturated heterocycles. The molecule has 0 bridgehead atoms. The van der Waals surface area contributed by atoms with E-state index in [1.165, 1.54) is 25.3 Å². The Hall–Kier alpha value is -2.17. The van der Waals surface area contributed by atoms with E-state index in [2.05, 4.69) is 0 Å². The van der Waals surface area contributed by atoms with Crippen molar-refractivity contribution in [2.75, 3.05) is 13.7 Å². The van der Waals surface area contributed by atoms with E-state index >= 15 is 0 Å². The van der Waals surface area contributed by atoms with E-state index in [4.69, 9.17) is 19.3 Å². The van der Waals surface area contributed by atoms with Gasteiger partial charge in [0.05, 0.1) is 13.7 Å².